The number of halogens is 1. The summed E-state index contributed by atoms with van der Waals surface area (Å²) >= 11 is 0. The van der Waals surface area contributed by atoms with Gasteiger partial charge in [-0.1, -0.05) is 20.8 Å². The maximum Gasteiger partial charge on any atom is 0.394 e. The molecule has 0 saturated carbocycles. The van der Waals surface area contributed by atoms with Crippen LogP contribution in [0.5, 0.6) is 0 Å². The molecule has 0 bridgehead atoms. The van der Waals surface area contributed by atoms with Crippen LogP contribution in [0.2, 0.25) is 0 Å². The fraction of sp³-hybridized carbons (Fsp3) is 0.328. The van der Waals surface area contributed by atoms with Gasteiger partial charge in [-0.05, 0) is 134 Å². The van der Waals surface area contributed by atoms with E-state index in [0.29, 0.717) is 31.0 Å². The van der Waals surface area contributed by atoms with Crippen molar-refractivity contribution in [2.45, 2.75) is 77.4 Å². The maximum atomic E-state index is 12.8. The van der Waals surface area contributed by atoms with Gasteiger partial charge in [-0.25, -0.2) is 4.79 Å². The summed E-state index contributed by atoms with van der Waals surface area (Å²) in [6.07, 6.45) is 24.3. The van der Waals surface area contributed by atoms with E-state index in [2.05, 4.69) is 78.8 Å². The molecule has 442 valence electrons. The van der Waals surface area contributed by atoms with Gasteiger partial charge in [0.1, 0.15) is 0 Å². The second-order valence-electron chi connectivity index (χ2n) is 19.9. The molecule has 6 atom stereocenters. The number of piperidine rings is 3. The van der Waals surface area contributed by atoms with E-state index in [0.717, 1.165) is 49.3 Å². The Kier molecular flexibility index (Phi) is 24.4. The molecule has 0 aromatic carbocycles. The molecule has 0 spiro atoms. The quantitative estimate of drug-likeness (QED) is 0.0887. The number of anilines is 3. The van der Waals surface area contributed by atoms with Gasteiger partial charge in [0.2, 0.25) is 17.7 Å². The summed E-state index contributed by atoms with van der Waals surface area (Å²) in [7, 11) is -1.00. The number of alkyl halides is 1. The maximum absolute atomic E-state index is 12.8. The van der Waals surface area contributed by atoms with E-state index in [-0.39, 0.29) is 45.8 Å². The first-order chi connectivity index (χ1) is 40.7. The van der Waals surface area contributed by atoms with Crippen molar-refractivity contribution in [3.8, 4) is 0 Å². The largest absolute Gasteiger partial charge is 0.474 e. The molecule has 6 aromatic heterocycles. The number of rotatable bonds is 9. The van der Waals surface area contributed by atoms with Crippen LogP contribution in [-0.2, 0) is 28.8 Å². The van der Waals surface area contributed by atoms with E-state index in [4.69, 9.17) is 23.7 Å². The van der Waals surface area contributed by atoms with Gasteiger partial charge in [0, 0.05) is 74.9 Å². The number of carboxylic acids is 1. The Hall–Kier alpha value is -9.98. The van der Waals surface area contributed by atoms with Crippen molar-refractivity contribution < 1.29 is 54.0 Å². The lowest BCUT2D eigenvalue weighted by Gasteiger charge is -2.38. The van der Waals surface area contributed by atoms with Crippen LogP contribution in [0.25, 0.3) is 0 Å². The van der Waals surface area contributed by atoms with E-state index in [1.165, 1.54) is 73.8 Å². The summed E-state index contributed by atoms with van der Waals surface area (Å²) in [5.74, 6) is -6.21. The number of amides is 8. The number of carboxylic acid groups (broad SMARTS) is 1. The number of nitrogens with zero attached hydrogens (tertiary/aromatic N) is 8. The van der Waals surface area contributed by atoms with Gasteiger partial charge in [0.25, 0.3) is 0 Å². The molecule has 0 radical (unpaired) electrons. The molecule has 9 rings (SSSR count). The van der Waals surface area contributed by atoms with E-state index in [1.807, 2.05) is 42.0 Å². The van der Waals surface area contributed by atoms with E-state index < -0.39 is 60.4 Å². The summed E-state index contributed by atoms with van der Waals surface area (Å²) in [5.41, 5.74) is 19.7. The normalized spacial score (nSPS) is 18.8. The number of nitrogens with two attached hydrogens (primary N) is 3. The number of hydrogen-bond donors (Lipinski definition) is 8. The van der Waals surface area contributed by atoms with Crippen molar-refractivity contribution in [1.29, 1.82) is 0 Å². The molecule has 8 amide bonds. The van der Waals surface area contributed by atoms with Gasteiger partial charge in [-0.15, -0.1) is 0 Å². The highest BCUT2D eigenvalue weighted by atomic mass is 19.1. The summed E-state index contributed by atoms with van der Waals surface area (Å²) < 4.78 is 15.5. The fourth-order valence-electron chi connectivity index (χ4n) is 9.24. The van der Waals surface area contributed by atoms with Crippen LogP contribution in [0, 0.1) is 17.8 Å². The number of aliphatic carboxylic acids is 1. The van der Waals surface area contributed by atoms with Gasteiger partial charge < -0.3 is 53.4 Å². The molecule has 0 aliphatic carbocycles. The Morgan fingerprint density at radius 3 is 1.17 bits per heavy atom. The minimum Gasteiger partial charge on any atom is -0.474 e. The molecule has 3 fully saturated rings. The second kappa shape index (κ2) is 32.5. The summed E-state index contributed by atoms with van der Waals surface area (Å²) in [5, 5.41) is 18.9. The topological polar surface area (TPSA) is 384 Å². The third-order valence-corrected chi connectivity index (χ3v) is 13.5. The molecule has 3 aliphatic rings. The predicted molar refractivity (Wildman–Crippen MR) is 306 cm³/mol. The van der Waals surface area contributed by atoms with Crippen LogP contribution in [0.4, 0.5) is 21.5 Å². The molecule has 9 heterocycles. The Bertz CT molecular complexity index is 3100. The smallest absolute Gasteiger partial charge is 0.394 e. The number of hydrogen-bond acceptors (Lipinski definition) is 16. The zero-order valence-corrected chi connectivity index (χ0v) is 46.5. The Labute approximate surface area is 485 Å². The van der Waals surface area contributed by atoms with Crippen LogP contribution in [0.3, 0.4) is 0 Å². The second-order valence-corrected chi connectivity index (χ2v) is 19.9. The Balaban J connectivity index is 0.000000213. The first-order valence-corrected chi connectivity index (χ1v) is 26.5. The highest BCUT2D eigenvalue weighted by Gasteiger charge is 2.36. The molecule has 11 N–H and O–H groups in total. The fourth-order valence-corrected chi connectivity index (χ4v) is 9.24. The average Bonchev–Trinajstić information content (AvgIpc) is 3.69. The minimum absolute atomic E-state index is 0.0817. The van der Waals surface area contributed by atoms with Crippen LogP contribution in [0.15, 0.2) is 129 Å². The molecule has 3 aliphatic heterocycles. The lowest BCUT2D eigenvalue weighted by atomic mass is 9.90. The zero-order valence-electron chi connectivity index (χ0n) is 47.5. The van der Waals surface area contributed by atoms with E-state index in [1.54, 1.807) is 34.6 Å². The molecule has 26 heteroatoms. The molecule has 84 heavy (non-hydrogen) atoms. The zero-order chi connectivity index (χ0) is 62.0. The summed E-state index contributed by atoms with van der Waals surface area (Å²) in [6.45, 7) is 8.56. The number of carbonyl (C=O) groups is 9. The van der Waals surface area contributed by atoms with Crippen molar-refractivity contribution >= 4 is 70.3 Å². The number of carbonyl (C=O) groups excluding carboxylic acids is 8. The molecular formula is C58H68FN15O10. The third kappa shape index (κ3) is 19.6. The van der Waals surface area contributed by atoms with Crippen molar-refractivity contribution in [1.82, 2.24) is 45.0 Å². The van der Waals surface area contributed by atoms with Crippen LogP contribution < -0.4 is 38.5 Å². The van der Waals surface area contributed by atoms with Gasteiger partial charge >= 0.3 is 35.5 Å². The molecule has 25 nitrogen and oxygen atoms in total. The van der Waals surface area contributed by atoms with Crippen molar-refractivity contribution in [2.75, 3.05) is 42.7 Å². The number of primary amides is 3. The van der Waals surface area contributed by atoms with E-state index in [9.17, 15) is 47.5 Å². The van der Waals surface area contributed by atoms with Crippen molar-refractivity contribution in [3.05, 3.63) is 162 Å². The summed E-state index contributed by atoms with van der Waals surface area (Å²) in [6, 6.07) is 15.9. The molecular weight excluding hydrogens is 1090 g/mol. The lowest BCUT2D eigenvalue weighted by Crippen LogP contribution is -2.46. The van der Waals surface area contributed by atoms with Gasteiger partial charge in [-0.3, -0.25) is 72.7 Å². The minimum atomic E-state index is -1.63. The van der Waals surface area contributed by atoms with Gasteiger partial charge in [0.15, 0.2) is 0 Å². The van der Waals surface area contributed by atoms with E-state index >= 15 is 0 Å². The average molecular weight is 1160 g/mol. The number of likely N-dealkylation sites (tertiary alicyclic amines) is 2. The highest BCUT2D eigenvalue weighted by molar-refractivity contribution is 6.40. The van der Waals surface area contributed by atoms with Crippen LogP contribution in [-0.4, -0.2) is 125 Å². The summed E-state index contributed by atoms with van der Waals surface area (Å²) in [4.78, 5) is 131. The SMILES string of the molecule is C[C@@H]1CC[C@@H](c2ccncc2)N(C(=O)C(=O)Nc2cncc(C(N)=O)c2)C1.C[C@@H]1CC[C@@H](c2ccncc2)NC1.C[C@H]1CC[C@H](c2ccncc2)N(C(=O)C(=O)Nc2cncc(C(N)=O)c2)C1.NC(=O)c1cncc(NC(=O)C(=O)O)c1.[2H]CF. The predicted octanol–water partition coefficient (Wildman–Crippen LogP) is 4.96. The van der Waals surface area contributed by atoms with Crippen molar-refractivity contribution in [3.63, 3.8) is 0 Å². The van der Waals surface area contributed by atoms with Crippen LogP contribution in [0.1, 0.15) is 127 Å². The van der Waals surface area contributed by atoms with Crippen molar-refractivity contribution in [2.24, 2.45) is 35.0 Å². The molecule has 0 unspecified atom stereocenters. The van der Waals surface area contributed by atoms with Crippen LogP contribution >= 0.6 is 0 Å². The van der Waals surface area contributed by atoms with Gasteiger partial charge in [0.05, 0.1) is 73.0 Å². The Morgan fingerprint density at radius 1 is 0.512 bits per heavy atom. The number of aromatic nitrogens is 6. The third-order valence-electron chi connectivity index (χ3n) is 13.5. The first kappa shape index (κ1) is 63.2. The molecule has 3 saturated heterocycles. The number of pyridine rings is 6. The van der Waals surface area contributed by atoms with Gasteiger partial charge in [-0.2, -0.15) is 0 Å². The molecule has 6 aromatic rings. The monoisotopic (exact) mass is 1150 g/mol. The lowest BCUT2D eigenvalue weighted by molar-refractivity contribution is -0.147. The number of nitrogens with one attached hydrogen (secondary N) is 4. The highest BCUT2D eigenvalue weighted by Crippen LogP contribution is 2.35. The Morgan fingerprint density at radius 2 is 0.845 bits per heavy atom. The first-order valence-electron chi connectivity index (χ1n) is 27.2. The standard InChI is InChI=1S/2C19H21N5O3.C11H16N2.C8H7N3O4.CH3F/c2*1-12-2-3-16(13-4-6-21-7-5-13)24(11-12)19(27)18(26)23-15-8-14(17(20)25)9-22-10-15;1-9-2-3-11(13-8-9)10-4-6-12-7-5-10;9-6(12)4-1-5(3-10-2-4)11-7(13)8(14)15;1-2/h2*4-10,12,16H,2-3,11H2,1H3,(H2,20,25)(H,23,26);4-7,9,11,13H,2-3,8H2,1H3;1-3H,(H2,9,12)(H,11,13)(H,14,15);1H3/t2*12-,16+;9-,11+;;/m101../s1/i;;;;1D.